The van der Waals surface area contributed by atoms with Crippen molar-refractivity contribution >= 4 is 0 Å². The molecule has 0 aliphatic heterocycles. The molecule has 19 heavy (non-hydrogen) atoms. The molecule has 0 fully saturated rings. The lowest BCUT2D eigenvalue weighted by Crippen LogP contribution is -2.23. The van der Waals surface area contributed by atoms with Crippen molar-refractivity contribution in [3.63, 3.8) is 0 Å². The number of pyridine rings is 1. The zero-order valence-corrected chi connectivity index (χ0v) is 11.6. The van der Waals surface area contributed by atoms with Gasteiger partial charge in [-0.3, -0.25) is 0 Å². The molecule has 2 aromatic rings. The Bertz CT molecular complexity index is 603. The lowest BCUT2D eigenvalue weighted by atomic mass is 10.1. The van der Waals surface area contributed by atoms with E-state index < -0.39 is 0 Å². The highest BCUT2D eigenvalue weighted by molar-refractivity contribution is 5.59. The molecule has 0 unspecified atom stereocenters. The average molecular weight is 257 g/mol. The number of hydrogen-bond acceptors (Lipinski definition) is 3. The highest BCUT2D eigenvalue weighted by atomic mass is 16.5. The van der Waals surface area contributed by atoms with Crippen LogP contribution in [-0.2, 0) is 7.05 Å². The van der Waals surface area contributed by atoms with Gasteiger partial charge in [0.05, 0.1) is 13.8 Å². The van der Waals surface area contributed by atoms with Gasteiger partial charge in [0, 0.05) is 12.7 Å². The zero-order chi connectivity index (χ0) is 13.7. The summed E-state index contributed by atoms with van der Waals surface area (Å²) < 4.78 is 7.42. The first kappa shape index (κ1) is 13.4. The highest BCUT2D eigenvalue weighted by Crippen LogP contribution is 2.18. The third-order valence-electron chi connectivity index (χ3n) is 2.97. The first-order valence-corrected chi connectivity index (χ1v) is 6.22. The average Bonchev–Trinajstić information content (AvgIpc) is 2.46. The van der Waals surface area contributed by atoms with Crippen LogP contribution in [0.5, 0.6) is 5.75 Å². The topological polar surface area (TPSA) is 38.6 Å². The summed E-state index contributed by atoms with van der Waals surface area (Å²) >= 11 is 0. The largest absolute Gasteiger partial charge is 0.493 e. The first-order valence-electron chi connectivity index (χ1n) is 6.22. The van der Waals surface area contributed by atoms with Gasteiger partial charge in [0.15, 0.2) is 11.2 Å². The molecule has 0 bridgehead atoms. The van der Waals surface area contributed by atoms with E-state index in [1.54, 1.807) is 7.11 Å². The molecule has 0 aliphatic carbocycles. The highest BCUT2D eigenvalue weighted by Gasteiger charge is 2.05. The predicted molar refractivity (Wildman–Crippen MR) is 76.9 cm³/mol. The van der Waals surface area contributed by atoms with Crippen LogP contribution < -0.4 is 15.5 Å². The summed E-state index contributed by atoms with van der Waals surface area (Å²) in [5.41, 5.74) is 3.10. The van der Waals surface area contributed by atoms with E-state index in [0.717, 1.165) is 22.5 Å². The molecule has 4 heteroatoms. The maximum Gasteiger partial charge on any atom is 0.172 e. The molecule has 0 spiro atoms. The molecule has 1 aromatic carbocycles. The summed E-state index contributed by atoms with van der Waals surface area (Å²) in [6, 6.07) is 14.3. The van der Waals surface area contributed by atoms with E-state index in [4.69, 9.17) is 4.74 Å². The fourth-order valence-corrected chi connectivity index (χ4v) is 2.02. The summed E-state index contributed by atoms with van der Waals surface area (Å²) in [4.78, 5) is 4.51. The van der Waals surface area contributed by atoms with E-state index >= 15 is 0 Å². The molecular formula is C15H19N3O. The van der Waals surface area contributed by atoms with Crippen molar-refractivity contribution in [3.05, 3.63) is 48.0 Å². The quantitative estimate of drug-likeness (QED) is 0.906. The van der Waals surface area contributed by atoms with Gasteiger partial charge in [-0.2, -0.15) is 0 Å². The van der Waals surface area contributed by atoms with Gasteiger partial charge in [0.2, 0.25) is 0 Å². The minimum absolute atomic E-state index is 0.558. The van der Waals surface area contributed by atoms with Gasteiger partial charge < -0.3 is 14.6 Å². The molecule has 0 saturated carbocycles. The summed E-state index contributed by atoms with van der Waals surface area (Å²) in [7, 11) is 5.53. The smallest absolute Gasteiger partial charge is 0.172 e. The van der Waals surface area contributed by atoms with Gasteiger partial charge in [0.25, 0.3) is 0 Å². The van der Waals surface area contributed by atoms with Gasteiger partial charge in [-0.25, -0.2) is 4.99 Å². The number of hydrogen-bond donors (Lipinski definition) is 1. The van der Waals surface area contributed by atoms with Crippen LogP contribution in [0.1, 0.15) is 0 Å². The van der Waals surface area contributed by atoms with E-state index in [1.807, 2.05) is 49.0 Å². The van der Waals surface area contributed by atoms with Crippen LogP contribution in [0.4, 0.5) is 0 Å². The normalized spacial score (nSPS) is 11.6. The van der Waals surface area contributed by atoms with Gasteiger partial charge in [-0.1, -0.05) is 30.3 Å². The van der Waals surface area contributed by atoms with Crippen LogP contribution >= 0.6 is 0 Å². The van der Waals surface area contributed by atoms with Gasteiger partial charge in [-0.05, 0) is 24.7 Å². The fraction of sp³-hybridized carbons (Fsp3) is 0.267. The molecule has 1 heterocycles. The van der Waals surface area contributed by atoms with Crippen LogP contribution in [0.2, 0.25) is 0 Å². The maximum absolute atomic E-state index is 5.37. The Hall–Kier alpha value is -2.07. The molecule has 0 amide bonds. The summed E-state index contributed by atoms with van der Waals surface area (Å²) in [5, 5.41) is 3.02. The van der Waals surface area contributed by atoms with Crippen molar-refractivity contribution in [1.82, 2.24) is 9.88 Å². The van der Waals surface area contributed by atoms with E-state index in [1.165, 1.54) is 0 Å². The second kappa shape index (κ2) is 6.20. The predicted octanol–water partition coefficient (Wildman–Crippen LogP) is 1.78. The number of ether oxygens (including phenoxy) is 1. The van der Waals surface area contributed by atoms with Crippen molar-refractivity contribution in [2.24, 2.45) is 12.0 Å². The molecule has 1 aromatic heterocycles. The number of aromatic nitrogens is 1. The Balaban J connectivity index is 2.60. The number of methoxy groups -OCH3 is 1. The molecule has 1 N–H and O–H groups in total. The van der Waals surface area contributed by atoms with Crippen molar-refractivity contribution in [3.8, 4) is 17.0 Å². The third-order valence-corrected chi connectivity index (χ3v) is 2.97. The molecule has 0 aliphatic rings. The lowest BCUT2D eigenvalue weighted by Gasteiger charge is -2.12. The standard InChI is InChI=1S/C15H19N3O/c1-16-11-17-15-14(19-3)10-9-13(18(15)2)12-7-5-4-6-8-12/h4-10,16H,11H2,1-3H3/b17-15-. The molecule has 100 valence electrons. The third kappa shape index (κ3) is 2.85. The Morgan fingerprint density at radius 3 is 2.53 bits per heavy atom. The van der Waals surface area contributed by atoms with Crippen LogP contribution in [0.25, 0.3) is 11.3 Å². The van der Waals surface area contributed by atoms with Crippen LogP contribution in [0.3, 0.4) is 0 Å². The van der Waals surface area contributed by atoms with Crippen molar-refractivity contribution in [1.29, 1.82) is 0 Å². The van der Waals surface area contributed by atoms with E-state index in [9.17, 15) is 0 Å². The fourth-order valence-electron chi connectivity index (χ4n) is 2.02. The maximum atomic E-state index is 5.37. The lowest BCUT2D eigenvalue weighted by molar-refractivity contribution is 0.402. The van der Waals surface area contributed by atoms with Gasteiger partial charge >= 0.3 is 0 Å². The molecule has 0 atom stereocenters. The first-order chi connectivity index (χ1) is 9.27. The Morgan fingerprint density at radius 1 is 1.16 bits per heavy atom. The molecule has 4 nitrogen and oxygen atoms in total. The second-order valence-corrected chi connectivity index (χ2v) is 4.21. The minimum atomic E-state index is 0.558. The van der Waals surface area contributed by atoms with Crippen molar-refractivity contribution < 1.29 is 4.74 Å². The Labute approximate surface area is 113 Å². The van der Waals surface area contributed by atoms with E-state index in [-0.39, 0.29) is 0 Å². The summed E-state index contributed by atoms with van der Waals surface area (Å²) in [6.07, 6.45) is 0. The molecular weight excluding hydrogens is 238 g/mol. The molecule has 2 rings (SSSR count). The van der Waals surface area contributed by atoms with E-state index in [2.05, 4.69) is 22.4 Å². The second-order valence-electron chi connectivity index (χ2n) is 4.21. The van der Waals surface area contributed by atoms with Crippen LogP contribution in [-0.4, -0.2) is 25.4 Å². The van der Waals surface area contributed by atoms with Crippen LogP contribution in [0.15, 0.2) is 47.5 Å². The summed E-state index contributed by atoms with van der Waals surface area (Å²) in [6.45, 7) is 0.558. The SMILES string of the molecule is CNC/N=c1/c(OC)ccc(-c2ccccc2)n1C. The van der Waals surface area contributed by atoms with Crippen LogP contribution in [0, 0.1) is 0 Å². The zero-order valence-electron chi connectivity index (χ0n) is 11.6. The van der Waals surface area contributed by atoms with E-state index in [0.29, 0.717) is 6.67 Å². The molecule has 0 radical (unpaired) electrons. The monoisotopic (exact) mass is 257 g/mol. The number of nitrogens with one attached hydrogen (secondary N) is 1. The summed E-state index contributed by atoms with van der Waals surface area (Å²) in [5.74, 6) is 0.775. The number of benzene rings is 1. The molecule has 0 saturated heterocycles. The number of nitrogens with zero attached hydrogens (tertiary/aromatic N) is 2. The Morgan fingerprint density at radius 2 is 1.89 bits per heavy atom. The van der Waals surface area contributed by atoms with Gasteiger partial charge in [0.1, 0.15) is 0 Å². The Kier molecular flexibility index (Phi) is 4.36. The number of rotatable bonds is 4. The van der Waals surface area contributed by atoms with Crippen molar-refractivity contribution in [2.75, 3.05) is 20.8 Å². The van der Waals surface area contributed by atoms with Gasteiger partial charge in [-0.15, -0.1) is 0 Å². The van der Waals surface area contributed by atoms with Crippen molar-refractivity contribution in [2.45, 2.75) is 0 Å². The minimum Gasteiger partial charge on any atom is -0.493 e.